The number of hydrogen-bond donors (Lipinski definition) is 5. The predicted molar refractivity (Wildman–Crippen MR) is 156 cm³/mol. The van der Waals surface area contributed by atoms with Crippen molar-refractivity contribution in [3.05, 3.63) is 89.8 Å². The van der Waals surface area contributed by atoms with Gasteiger partial charge in [-0.2, -0.15) is 0 Å². The lowest BCUT2D eigenvalue weighted by Crippen LogP contribution is -2.52. The maximum atomic E-state index is 13.4. The maximum absolute atomic E-state index is 13.4. The average Bonchev–Trinajstić information content (AvgIpc) is 2.92. The summed E-state index contributed by atoms with van der Waals surface area (Å²) >= 11 is 0. The van der Waals surface area contributed by atoms with E-state index in [4.69, 9.17) is 14.7 Å². The molecule has 1 aliphatic heterocycles. The summed E-state index contributed by atoms with van der Waals surface area (Å²) in [7, 11) is 0. The van der Waals surface area contributed by atoms with Crippen LogP contribution in [0.3, 0.4) is 0 Å². The highest BCUT2D eigenvalue weighted by molar-refractivity contribution is 5.96. The molecule has 0 bridgehead atoms. The van der Waals surface area contributed by atoms with Crippen LogP contribution < -0.4 is 21.4 Å². The molecule has 1 aliphatic rings. The Kier molecular flexibility index (Phi) is 10.9. The van der Waals surface area contributed by atoms with Gasteiger partial charge in [-0.3, -0.25) is 14.8 Å². The first-order valence-corrected chi connectivity index (χ1v) is 13.6. The molecule has 5 N–H and O–H groups in total. The molecule has 1 heterocycles. The zero-order chi connectivity index (χ0) is 29.9. The molecule has 0 spiro atoms. The van der Waals surface area contributed by atoms with Gasteiger partial charge in [0.05, 0.1) is 5.54 Å². The second-order valence-electron chi connectivity index (χ2n) is 11.2. The van der Waals surface area contributed by atoms with Crippen molar-refractivity contribution in [1.29, 1.82) is 0 Å². The smallest absolute Gasteiger partial charge is 0.408 e. The average molecular weight is 565 g/mol. The van der Waals surface area contributed by atoms with Gasteiger partial charge in [0.15, 0.2) is 0 Å². The zero-order valence-corrected chi connectivity index (χ0v) is 24.0. The van der Waals surface area contributed by atoms with Gasteiger partial charge in [-0.15, -0.1) is 0 Å². The molecule has 0 saturated carbocycles. The number of allylic oxidation sites excluding steroid dienone is 1. The second kappa shape index (κ2) is 14.4. The molecule has 41 heavy (non-hydrogen) atoms. The first-order chi connectivity index (χ1) is 19.4. The van der Waals surface area contributed by atoms with Gasteiger partial charge in [-0.05, 0) is 69.9 Å². The third-order valence-electron chi connectivity index (χ3n) is 6.26. The number of alkyl carbamates (subject to hydrolysis) is 1. The van der Waals surface area contributed by atoms with E-state index in [1.807, 2.05) is 61.5 Å². The Morgan fingerprint density at radius 3 is 2.34 bits per heavy atom. The largest absolute Gasteiger partial charge is 0.487 e. The highest BCUT2D eigenvalue weighted by Gasteiger charge is 2.33. The summed E-state index contributed by atoms with van der Waals surface area (Å²) < 4.78 is 11.3. The van der Waals surface area contributed by atoms with E-state index in [1.165, 1.54) is 0 Å². The number of benzene rings is 2. The minimum atomic E-state index is -0.913. The van der Waals surface area contributed by atoms with Crippen LogP contribution in [0.2, 0.25) is 0 Å². The molecule has 10 nitrogen and oxygen atoms in total. The highest BCUT2D eigenvalue weighted by atomic mass is 16.6. The molecule has 1 unspecified atom stereocenters. The van der Waals surface area contributed by atoms with Crippen LogP contribution >= 0.6 is 0 Å². The fourth-order valence-corrected chi connectivity index (χ4v) is 4.13. The van der Waals surface area contributed by atoms with Crippen molar-refractivity contribution in [3.63, 3.8) is 0 Å². The van der Waals surface area contributed by atoms with Gasteiger partial charge in [0.2, 0.25) is 11.8 Å². The molecule has 2 atom stereocenters. The molecule has 0 saturated heterocycles. The molecule has 2 aromatic carbocycles. The number of nitrogens with one attached hydrogen (secondary N) is 4. The first-order valence-electron chi connectivity index (χ1n) is 13.6. The van der Waals surface area contributed by atoms with Crippen molar-refractivity contribution in [1.82, 2.24) is 16.1 Å². The van der Waals surface area contributed by atoms with Crippen LogP contribution in [-0.4, -0.2) is 40.3 Å². The molecule has 0 aliphatic carbocycles. The van der Waals surface area contributed by atoms with Crippen LogP contribution in [0, 0.1) is 0 Å². The highest BCUT2D eigenvalue weighted by Crippen LogP contribution is 2.22. The quantitative estimate of drug-likeness (QED) is 0.186. The van der Waals surface area contributed by atoms with Crippen molar-refractivity contribution in [2.45, 2.75) is 77.2 Å². The van der Waals surface area contributed by atoms with E-state index < -0.39 is 35.1 Å². The van der Waals surface area contributed by atoms with Crippen LogP contribution in [-0.2, 0) is 32.1 Å². The minimum absolute atomic E-state index is 0.212. The van der Waals surface area contributed by atoms with Crippen LogP contribution in [0.15, 0.2) is 78.7 Å². The molecule has 3 amide bonds. The van der Waals surface area contributed by atoms with Crippen molar-refractivity contribution in [2.75, 3.05) is 5.32 Å². The lowest BCUT2D eigenvalue weighted by molar-refractivity contribution is -0.129. The molecule has 3 rings (SSSR count). The van der Waals surface area contributed by atoms with E-state index in [9.17, 15) is 14.4 Å². The number of rotatable bonds is 12. The molecular formula is C31H40N4O6. The van der Waals surface area contributed by atoms with Gasteiger partial charge < -0.3 is 25.4 Å². The van der Waals surface area contributed by atoms with E-state index in [2.05, 4.69) is 16.0 Å². The molecular weight excluding hydrogens is 524 g/mol. The Labute approximate surface area is 241 Å². The number of hydrogen-bond acceptors (Lipinski definition) is 7. The third-order valence-corrected chi connectivity index (χ3v) is 6.26. The number of carbonyl (C=O) groups is 3. The maximum Gasteiger partial charge on any atom is 0.408 e. The van der Waals surface area contributed by atoms with Gasteiger partial charge in [0, 0.05) is 24.7 Å². The second-order valence-corrected chi connectivity index (χ2v) is 11.2. The van der Waals surface area contributed by atoms with Crippen LogP contribution in [0.5, 0.6) is 0 Å². The molecule has 2 aromatic rings. The molecule has 0 fully saturated rings. The topological polar surface area (TPSA) is 138 Å². The molecule has 220 valence electrons. The third kappa shape index (κ3) is 11.0. The number of amides is 3. The minimum Gasteiger partial charge on any atom is -0.487 e. The van der Waals surface area contributed by atoms with E-state index in [0.717, 1.165) is 11.1 Å². The summed E-state index contributed by atoms with van der Waals surface area (Å²) in [5.41, 5.74) is 2.85. The number of carbonyl (C=O) groups excluding carboxylic acids is 3. The van der Waals surface area contributed by atoms with Gasteiger partial charge in [0.25, 0.3) is 0 Å². The summed E-state index contributed by atoms with van der Waals surface area (Å²) in [6.07, 6.45) is 6.50. The lowest BCUT2D eigenvalue weighted by atomic mass is 9.90. The fourth-order valence-electron chi connectivity index (χ4n) is 4.13. The molecule has 0 aromatic heterocycles. The summed E-state index contributed by atoms with van der Waals surface area (Å²) in [4.78, 5) is 37.2. The zero-order valence-electron chi connectivity index (χ0n) is 24.0. The van der Waals surface area contributed by atoms with E-state index in [1.54, 1.807) is 44.6 Å². The van der Waals surface area contributed by atoms with Crippen LogP contribution in [0.4, 0.5) is 10.5 Å². The summed E-state index contributed by atoms with van der Waals surface area (Å²) in [5, 5.41) is 17.5. The standard InChI is InChI=1S/C31H40N4O6/c1-30(2,3)41-29(38)34-26(28(37)33-24-15-13-22(14-16-24)11-8-12-27(36)35-39)19-31(4)18-17-25(20-32-31)40-21-23-9-6-5-7-10-23/h5-7,9-10,13-18,20,26,32,39H,8,11-12,19,21H2,1-4H3,(H,33,37)(H,34,38)(H,35,36)/t26-,31?/m1/s1. The lowest BCUT2D eigenvalue weighted by Gasteiger charge is -2.33. The number of ether oxygens (including phenoxy) is 2. The first kappa shape index (κ1) is 31.2. The Balaban J connectivity index is 1.63. The molecule has 10 heteroatoms. The van der Waals surface area contributed by atoms with Gasteiger partial charge in [0.1, 0.15) is 24.0 Å². The molecule has 0 radical (unpaired) electrons. The Morgan fingerprint density at radius 2 is 1.73 bits per heavy atom. The van der Waals surface area contributed by atoms with Crippen LogP contribution in [0.1, 0.15) is 58.1 Å². The van der Waals surface area contributed by atoms with Gasteiger partial charge >= 0.3 is 6.09 Å². The number of hydroxylamine groups is 1. The van der Waals surface area contributed by atoms with E-state index >= 15 is 0 Å². The normalized spacial score (nSPS) is 17.0. The Morgan fingerprint density at radius 1 is 1.02 bits per heavy atom. The van der Waals surface area contributed by atoms with Crippen LogP contribution in [0.25, 0.3) is 0 Å². The van der Waals surface area contributed by atoms with Gasteiger partial charge in [-0.1, -0.05) is 48.5 Å². The monoisotopic (exact) mass is 564 g/mol. The Bertz CT molecular complexity index is 1240. The van der Waals surface area contributed by atoms with Crippen molar-refractivity contribution in [3.8, 4) is 0 Å². The van der Waals surface area contributed by atoms with Crippen molar-refractivity contribution >= 4 is 23.6 Å². The van der Waals surface area contributed by atoms with Crippen molar-refractivity contribution < 1.29 is 29.1 Å². The Hall–Kier alpha value is -4.31. The van der Waals surface area contributed by atoms with E-state index in [-0.39, 0.29) is 12.8 Å². The predicted octanol–water partition coefficient (Wildman–Crippen LogP) is 4.71. The summed E-state index contributed by atoms with van der Waals surface area (Å²) in [6.45, 7) is 7.63. The van der Waals surface area contributed by atoms with Gasteiger partial charge in [-0.25, -0.2) is 10.3 Å². The summed E-state index contributed by atoms with van der Waals surface area (Å²) in [6, 6.07) is 16.2. The fraction of sp³-hybridized carbons (Fsp3) is 0.387. The summed E-state index contributed by atoms with van der Waals surface area (Å²) in [5.74, 6) is -0.168. The number of anilines is 1. The van der Waals surface area contributed by atoms with E-state index in [0.29, 0.717) is 30.9 Å². The van der Waals surface area contributed by atoms with Crippen molar-refractivity contribution in [2.24, 2.45) is 0 Å². The number of dihydropyridines is 1. The SMILES string of the molecule is CC1(C[C@@H](NC(=O)OC(C)(C)C)C(=O)Nc2ccc(CCCC(=O)NO)cc2)C=CC(OCc2ccccc2)=CN1. The number of aryl methyl sites for hydroxylation is 1.